The lowest BCUT2D eigenvalue weighted by molar-refractivity contribution is -0.133. The summed E-state index contributed by atoms with van der Waals surface area (Å²) in [6.45, 7) is 10.0. The van der Waals surface area contributed by atoms with Crippen LogP contribution in [0.4, 0.5) is 11.6 Å². The first kappa shape index (κ1) is 20.7. The van der Waals surface area contributed by atoms with Gasteiger partial charge in [0.05, 0.1) is 19.3 Å². The lowest BCUT2D eigenvalue weighted by atomic mass is 10.0. The first-order valence-corrected chi connectivity index (χ1v) is 9.00. The molecule has 0 saturated carbocycles. The highest BCUT2D eigenvalue weighted by atomic mass is 35.5. The van der Waals surface area contributed by atoms with Crippen LogP contribution in [-0.2, 0) is 9.53 Å². The van der Waals surface area contributed by atoms with Crippen molar-refractivity contribution in [1.82, 2.24) is 14.9 Å². The highest BCUT2D eigenvalue weighted by Crippen LogP contribution is 2.20. The molecule has 8 nitrogen and oxygen atoms in total. The minimum Gasteiger partial charge on any atom is -0.378 e. The molecule has 0 unspecified atom stereocenters. The summed E-state index contributed by atoms with van der Waals surface area (Å²) in [6.07, 6.45) is 1.62. The number of nitrogens with two attached hydrogens (primary N) is 1. The van der Waals surface area contributed by atoms with Gasteiger partial charge in [0.1, 0.15) is 18.0 Å². The molecule has 2 N–H and O–H groups in total. The first-order chi connectivity index (χ1) is 12.1. The summed E-state index contributed by atoms with van der Waals surface area (Å²) in [5.41, 5.74) is 6.00. The summed E-state index contributed by atoms with van der Waals surface area (Å²) < 4.78 is 5.39. The van der Waals surface area contributed by atoms with Crippen molar-refractivity contribution in [2.75, 3.05) is 62.3 Å². The Hall–Kier alpha value is -1.64. The van der Waals surface area contributed by atoms with Gasteiger partial charge in [-0.3, -0.25) is 4.79 Å². The van der Waals surface area contributed by atoms with E-state index in [1.54, 1.807) is 6.33 Å². The number of morpholine rings is 1. The van der Waals surface area contributed by atoms with Crippen molar-refractivity contribution in [1.29, 1.82) is 0 Å². The maximum atomic E-state index is 12.4. The second-order valence-corrected chi connectivity index (χ2v) is 6.92. The predicted octanol–water partition coefficient (Wildman–Crippen LogP) is 0.367. The second kappa shape index (κ2) is 9.34. The average molecular weight is 385 g/mol. The highest BCUT2D eigenvalue weighted by Gasteiger charge is 2.27. The Bertz CT molecular complexity index is 588. The van der Waals surface area contributed by atoms with Crippen LogP contribution in [0, 0.1) is 5.92 Å². The minimum atomic E-state index is -0.418. The topological polar surface area (TPSA) is 87.8 Å². The number of piperazine rings is 1. The SMILES string of the molecule is CC(C)[C@H](N)C(=O)N1CCN(c2cc(N3CCOCC3)ncn2)CC1.Cl. The van der Waals surface area contributed by atoms with Crippen molar-refractivity contribution >= 4 is 29.9 Å². The molecule has 26 heavy (non-hydrogen) atoms. The number of anilines is 2. The number of ether oxygens (including phenoxy) is 1. The molecule has 1 amide bonds. The van der Waals surface area contributed by atoms with Crippen LogP contribution in [0.5, 0.6) is 0 Å². The number of halogens is 1. The quantitative estimate of drug-likeness (QED) is 0.802. The van der Waals surface area contributed by atoms with E-state index >= 15 is 0 Å². The van der Waals surface area contributed by atoms with Crippen LogP contribution >= 0.6 is 12.4 Å². The number of hydrogen-bond acceptors (Lipinski definition) is 7. The van der Waals surface area contributed by atoms with E-state index in [-0.39, 0.29) is 24.2 Å². The molecule has 2 aliphatic rings. The largest absolute Gasteiger partial charge is 0.378 e. The van der Waals surface area contributed by atoms with Crippen LogP contribution in [0.3, 0.4) is 0 Å². The molecule has 3 heterocycles. The zero-order valence-electron chi connectivity index (χ0n) is 15.5. The number of carbonyl (C=O) groups is 1. The molecule has 0 aromatic carbocycles. The van der Waals surface area contributed by atoms with Gasteiger partial charge in [-0.2, -0.15) is 0 Å². The Morgan fingerprint density at radius 2 is 1.58 bits per heavy atom. The molecule has 2 aliphatic heterocycles. The number of aromatic nitrogens is 2. The second-order valence-electron chi connectivity index (χ2n) is 6.92. The zero-order valence-corrected chi connectivity index (χ0v) is 16.3. The monoisotopic (exact) mass is 384 g/mol. The standard InChI is InChI=1S/C17H28N6O2.ClH/c1-13(2)16(18)17(24)23-5-3-21(4-6-23)14-11-15(20-12-19-14)22-7-9-25-10-8-22;/h11-13,16H,3-10,18H2,1-2H3;1H/t16-;/m0./s1. The van der Waals surface area contributed by atoms with Gasteiger partial charge in [0, 0.05) is 45.3 Å². The Labute approximate surface area is 161 Å². The molecule has 3 rings (SSSR count). The van der Waals surface area contributed by atoms with E-state index < -0.39 is 6.04 Å². The van der Waals surface area contributed by atoms with Crippen LogP contribution in [-0.4, -0.2) is 79.3 Å². The van der Waals surface area contributed by atoms with Crippen LogP contribution in [0.15, 0.2) is 12.4 Å². The van der Waals surface area contributed by atoms with Crippen molar-refractivity contribution in [3.8, 4) is 0 Å². The minimum absolute atomic E-state index is 0. The van der Waals surface area contributed by atoms with E-state index in [2.05, 4.69) is 19.8 Å². The van der Waals surface area contributed by atoms with E-state index in [1.807, 2.05) is 24.8 Å². The molecule has 1 atom stereocenters. The molecule has 146 valence electrons. The summed E-state index contributed by atoms with van der Waals surface area (Å²) in [7, 11) is 0. The number of carbonyl (C=O) groups excluding carboxylic acids is 1. The van der Waals surface area contributed by atoms with E-state index in [1.165, 1.54) is 0 Å². The fraction of sp³-hybridized carbons (Fsp3) is 0.706. The molecule has 0 bridgehead atoms. The Morgan fingerprint density at radius 1 is 1.04 bits per heavy atom. The van der Waals surface area contributed by atoms with Gasteiger partial charge in [-0.1, -0.05) is 13.8 Å². The maximum absolute atomic E-state index is 12.4. The molecule has 0 aliphatic carbocycles. The van der Waals surface area contributed by atoms with Gasteiger partial charge < -0.3 is 25.2 Å². The predicted molar refractivity (Wildman–Crippen MR) is 104 cm³/mol. The summed E-state index contributed by atoms with van der Waals surface area (Å²) in [5.74, 6) is 2.06. The molecule has 1 aromatic rings. The Balaban J connectivity index is 0.00000243. The van der Waals surface area contributed by atoms with Crippen LogP contribution in [0.25, 0.3) is 0 Å². The van der Waals surface area contributed by atoms with Gasteiger partial charge in [-0.05, 0) is 5.92 Å². The van der Waals surface area contributed by atoms with Crippen LogP contribution < -0.4 is 15.5 Å². The third-order valence-corrected chi connectivity index (χ3v) is 4.89. The number of nitrogens with zero attached hydrogens (tertiary/aromatic N) is 5. The molecule has 1 aromatic heterocycles. The fourth-order valence-electron chi connectivity index (χ4n) is 3.13. The van der Waals surface area contributed by atoms with Gasteiger partial charge in [-0.15, -0.1) is 12.4 Å². The lowest BCUT2D eigenvalue weighted by Gasteiger charge is -2.37. The first-order valence-electron chi connectivity index (χ1n) is 9.00. The number of rotatable bonds is 4. The Kier molecular flexibility index (Phi) is 7.43. The molecule has 0 radical (unpaired) electrons. The smallest absolute Gasteiger partial charge is 0.239 e. The normalized spacial score (nSPS) is 19.3. The van der Waals surface area contributed by atoms with Crippen LogP contribution in [0.2, 0.25) is 0 Å². The molecule has 9 heteroatoms. The van der Waals surface area contributed by atoms with Crippen molar-refractivity contribution in [3.05, 3.63) is 12.4 Å². The summed E-state index contributed by atoms with van der Waals surface area (Å²) in [6, 6.07) is 1.61. The molecular formula is C17H29ClN6O2. The summed E-state index contributed by atoms with van der Waals surface area (Å²) in [5, 5.41) is 0. The van der Waals surface area contributed by atoms with E-state index in [0.29, 0.717) is 13.1 Å². The van der Waals surface area contributed by atoms with Crippen molar-refractivity contribution < 1.29 is 9.53 Å². The number of hydrogen-bond donors (Lipinski definition) is 1. The molecule has 0 spiro atoms. The van der Waals surface area contributed by atoms with Gasteiger partial charge in [0.2, 0.25) is 5.91 Å². The fourth-order valence-corrected chi connectivity index (χ4v) is 3.13. The van der Waals surface area contributed by atoms with Crippen molar-refractivity contribution in [2.24, 2.45) is 11.7 Å². The molecule has 2 fully saturated rings. The third kappa shape index (κ3) is 4.75. The number of amides is 1. The van der Waals surface area contributed by atoms with E-state index in [0.717, 1.165) is 51.0 Å². The van der Waals surface area contributed by atoms with Gasteiger partial charge in [0.15, 0.2) is 0 Å². The molecule has 2 saturated heterocycles. The average Bonchev–Trinajstić information content (AvgIpc) is 2.67. The van der Waals surface area contributed by atoms with Crippen LogP contribution in [0.1, 0.15) is 13.8 Å². The lowest BCUT2D eigenvalue weighted by Crippen LogP contribution is -2.54. The zero-order chi connectivity index (χ0) is 17.8. The van der Waals surface area contributed by atoms with Gasteiger partial charge >= 0.3 is 0 Å². The maximum Gasteiger partial charge on any atom is 0.239 e. The third-order valence-electron chi connectivity index (χ3n) is 4.89. The van der Waals surface area contributed by atoms with Gasteiger partial charge in [-0.25, -0.2) is 9.97 Å². The van der Waals surface area contributed by atoms with Gasteiger partial charge in [0.25, 0.3) is 0 Å². The summed E-state index contributed by atoms with van der Waals surface area (Å²) in [4.78, 5) is 27.5. The summed E-state index contributed by atoms with van der Waals surface area (Å²) >= 11 is 0. The Morgan fingerprint density at radius 3 is 2.12 bits per heavy atom. The van der Waals surface area contributed by atoms with Crippen molar-refractivity contribution in [3.63, 3.8) is 0 Å². The molecular weight excluding hydrogens is 356 g/mol. The van der Waals surface area contributed by atoms with E-state index in [9.17, 15) is 4.79 Å². The van der Waals surface area contributed by atoms with Crippen molar-refractivity contribution in [2.45, 2.75) is 19.9 Å². The highest BCUT2D eigenvalue weighted by molar-refractivity contribution is 5.85. The van der Waals surface area contributed by atoms with E-state index in [4.69, 9.17) is 10.5 Å².